The summed E-state index contributed by atoms with van der Waals surface area (Å²) in [5.74, 6) is 0.672. The fraction of sp³-hybridized carbons (Fsp3) is 0.882. The van der Waals surface area contributed by atoms with Gasteiger partial charge in [-0.15, -0.1) is 0 Å². The second-order valence-electron chi connectivity index (χ2n) is 7.24. The van der Waals surface area contributed by atoms with E-state index in [4.69, 9.17) is 10.5 Å². The zero-order valence-electron chi connectivity index (χ0n) is 14.9. The molecule has 0 radical (unpaired) electrons. The summed E-state index contributed by atoms with van der Waals surface area (Å²) in [4.78, 5) is 24.2. The summed E-state index contributed by atoms with van der Waals surface area (Å²) in [5, 5.41) is 2.72. The van der Waals surface area contributed by atoms with E-state index in [0.29, 0.717) is 25.3 Å². The molecule has 0 aliphatic rings. The highest BCUT2D eigenvalue weighted by Crippen LogP contribution is 2.12. The van der Waals surface area contributed by atoms with E-state index in [0.717, 1.165) is 25.7 Å². The van der Waals surface area contributed by atoms with Gasteiger partial charge >= 0.3 is 6.09 Å². The predicted octanol–water partition coefficient (Wildman–Crippen LogP) is 3.40. The first-order chi connectivity index (χ1) is 10.2. The van der Waals surface area contributed by atoms with Gasteiger partial charge in [-0.05, 0) is 58.9 Å². The number of carbonyl (C=O) groups is 2. The molecular weight excluding hydrogens is 280 g/mol. The zero-order valence-corrected chi connectivity index (χ0v) is 14.9. The van der Waals surface area contributed by atoms with Crippen molar-refractivity contribution in [1.82, 2.24) is 5.32 Å². The fourth-order valence-corrected chi connectivity index (χ4v) is 2.12. The summed E-state index contributed by atoms with van der Waals surface area (Å²) >= 11 is 0. The Morgan fingerprint density at radius 2 is 1.73 bits per heavy atom. The Labute approximate surface area is 135 Å². The number of hydrogen-bond acceptors (Lipinski definition) is 4. The molecule has 130 valence electrons. The summed E-state index contributed by atoms with van der Waals surface area (Å²) < 4.78 is 5.24. The number of nitrogens with one attached hydrogen (secondary N) is 1. The van der Waals surface area contributed by atoms with Gasteiger partial charge in [-0.3, -0.25) is 4.79 Å². The van der Waals surface area contributed by atoms with Crippen LogP contribution in [0.3, 0.4) is 0 Å². The zero-order chi connectivity index (χ0) is 17.2. The van der Waals surface area contributed by atoms with Crippen molar-refractivity contribution in [1.29, 1.82) is 0 Å². The molecule has 0 saturated heterocycles. The molecule has 0 aromatic heterocycles. The Bertz CT molecular complexity index is 335. The van der Waals surface area contributed by atoms with E-state index in [9.17, 15) is 9.59 Å². The molecule has 1 atom stereocenters. The topological polar surface area (TPSA) is 81.4 Å². The standard InChI is InChI=1S/C17H34N2O3/c1-13(2)9-8-11-15(20)14(10-6-7-12-18)19-16(21)22-17(3,4)5/h13-14H,6-12,18H2,1-5H3,(H,19,21). The first-order valence-corrected chi connectivity index (χ1v) is 8.38. The first kappa shape index (κ1) is 20.9. The number of rotatable bonds is 10. The summed E-state index contributed by atoms with van der Waals surface area (Å²) in [5.41, 5.74) is 4.93. The monoisotopic (exact) mass is 314 g/mol. The van der Waals surface area contributed by atoms with Gasteiger partial charge < -0.3 is 15.8 Å². The Hall–Kier alpha value is -1.10. The van der Waals surface area contributed by atoms with Gasteiger partial charge in [-0.2, -0.15) is 0 Å². The number of nitrogens with two attached hydrogens (primary N) is 1. The minimum atomic E-state index is -0.563. The Morgan fingerprint density at radius 3 is 2.23 bits per heavy atom. The van der Waals surface area contributed by atoms with Crippen LogP contribution in [0.4, 0.5) is 4.79 Å². The van der Waals surface area contributed by atoms with Crippen LogP contribution in [0.2, 0.25) is 0 Å². The van der Waals surface area contributed by atoms with Crippen LogP contribution in [0, 0.1) is 5.92 Å². The lowest BCUT2D eigenvalue weighted by molar-refractivity contribution is -0.121. The molecule has 0 aromatic rings. The normalized spacial score (nSPS) is 13.0. The summed E-state index contributed by atoms with van der Waals surface area (Å²) in [6, 6.07) is -0.464. The fourth-order valence-electron chi connectivity index (χ4n) is 2.12. The minimum absolute atomic E-state index is 0.0866. The highest BCUT2D eigenvalue weighted by molar-refractivity contribution is 5.87. The van der Waals surface area contributed by atoms with Crippen molar-refractivity contribution in [3.8, 4) is 0 Å². The van der Waals surface area contributed by atoms with Gasteiger partial charge in [0.2, 0.25) is 0 Å². The largest absolute Gasteiger partial charge is 0.444 e. The highest BCUT2D eigenvalue weighted by Gasteiger charge is 2.23. The third-order valence-corrected chi connectivity index (χ3v) is 3.23. The maximum atomic E-state index is 12.3. The molecule has 0 aromatic carbocycles. The third kappa shape index (κ3) is 11.5. The Kier molecular flexibility index (Phi) is 10.1. The lowest BCUT2D eigenvalue weighted by Crippen LogP contribution is -2.43. The van der Waals surface area contributed by atoms with Crippen molar-refractivity contribution >= 4 is 11.9 Å². The lowest BCUT2D eigenvalue weighted by atomic mass is 9.98. The van der Waals surface area contributed by atoms with Crippen molar-refractivity contribution in [3.63, 3.8) is 0 Å². The molecule has 0 heterocycles. The first-order valence-electron chi connectivity index (χ1n) is 8.38. The van der Waals surface area contributed by atoms with Crippen LogP contribution in [0.1, 0.15) is 73.1 Å². The summed E-state index contributed by atoms with van der Waals surface area (Å²) in [6.07, 6.45) is 4.16. The molecule has 22 heavy (non-hydrogen) atoms. The number of carbonyl (C=O) groups excluding carboxylic acids is 2. The van der Waals surface area contributed by atoms with Crippen LogP contribution in [0.5, 0.6) is 0 Å². The third-order valence-electron chi connectivity index (χ3n) is 3.23. The number of hydrogen-bond donors (Lipinski definition) is 2. The van der Waals surface area contributed by atoms with Crippen LogP contribution in [-0.2, 0) is 9.53 Å². The molecule has 3 N–H and O–H groups in total. The molecule has 0 rings (SSSR count). The molecule has 5 heteroatoms. The summed E-state index contributed by atoms with van der Waals surface area (Å²) in [7, 11) is 0. The molecular formula is C17H34N2O3. The van der Waals surface area contributed by atoms with E-state index in [1.165, 1.54) is 0 Å². The van der Waals surface area contributed by atoms with Gasteiger partial charge in [0.25, 0.3) is 0 Å². The molecule has 0 aliphatic heterocycles. The highest BCUT2D eigenvalue weighted by atomic mass is 16.6. The quantitative estimate of drug-likeness (QED) is 0.605. The van der Waals surface area contributed by atoms with E-state index in [2.05, 4.69) is 19.2 Å². The maximum Gasteiger partial charge on any atom is 0.408 e. The van der Waals surface area contributed by atoms with Crippen LogP contribution in [0.25, 0.3) is 0 Å². The lowest BCUT2D eigenvalue weighted by Gasteiger charge is -2.23. The van der Waals surface area contributed by atoms with E-state index < -0.39 is 17.7 Å². The van der Waals surface area contributed by atoms with Gasteiger partial charge in [-0.1, -0.05) is 20.3 Å². The van der Waals surface area contributed by atoms with E-state index in [-0.39, 0.29) is 5.78 Å². The SMILES string of the molecule is CC(C)CCCC(=O)C(CCCCN)NC(=O)OC(C)(C)C. The maximum absolute atomic E-state index is 12.3. The average molecular weight is 314 g/mol. The second-order valence-corrected chi connectivity index (χ2v) is 7.24. The molecule has 0 aliphatic carbocycles. The van der Waals surface area contributed by atoms with Crippen LogP contribution < -0.4 is 11.1 Å². The van der Waals surface area contributed by atoms with Crippen molar-refractivity contribution in [2.45, 2.75) is 84.8 Å². The van der Waals surface area contributed by atoms with Crippen molar-refractivity contribution < 1.29 is 14.3 Å². The van der Waals surface area contributed by atoms with E-state index in [1.54, 1.807) is 20.8 Å². The minimum Gasteiger partial charge on any atom is -0.444 e. The number of Topliss-reactive ketones (excluding diaryl/α,β-unsaturated/α-hetero) is 1. The number of ketones is 1. The number of amides is 1. The van der Waals surface area contributed by atoms with Gasteiger partial charge in [-0.25, -0.2) is 4.79 Å². The van der Waals surface area contributed by atoms with Gasteiger partial charge in [0.05, 0.1) is 6.04 Å². The van der Waals surface area contributed by atoms with Crippen molar-refractivity contribution in [3.05, 3.63) is 0 Å². The van der Waals surface area contributed by atoms with Crippen LogP contribution >= 0.6 is 0 Å². The Morgan fingerprint density at radius 1 is 1.09 bits per heavy atom. The van der Waals surface area contributed by atoms with Crippen LogP contribution in [-0.4, -0.2) is 30.1 Å². The van der Waals surface area contributed by atoms with Crippen molar-refractivity contribution in [2.75, 3.05) is 6.54 Å². The summed E-state index contributed by atoms with van der Waals surface area (Å²) in [6.45, 7) is 10.3. The van der Waals surface area contributed by atoms with Gasteiger partial charge in [0.1, 0.15) is 5.60 Å². The number of ether oxygens (including phenoxy) is 1. The molecule has 0 fully saturated rings. The van der Waals surface area contributed by atoms with Crippen molar-refractivity contribution in [2.24, 2.45) is 11.7 Å². The van der Waals surface area contributed by atoms with E-state index in [1.807, 2.05) is 0 Å². The molecule has 1 unspecified atom stereocenters. The van der Waals surface area contributed by atoms with E-state index >= 15 is 0 Å². The molecule has 5 nitrogen and oxygen atoms in total. The number of unbranched alkanes of at least 4 members (excludes halogenated alkanes) is 1. The molecule has 0 spiro atoms. The smallest absolute Gasteiger partial charge is 0.408 e. The Balaban J connectivity index is 4.46. The van der Waals surface area contributed by atoms with Gasteiger partial charge in [0, 0.05) is 6.42 Å². The number of alkyl carbamates (subject to hydrolysis) is 1. The molecule has 0 saturated carbocycles. The molecule has 1 amide bonds. The van der Waals surface area contributed by atoms with Crippen LogP contribution in [0.15, 0.2) is 0 Å². The molecule has 0 bridgehead atoms. The predicted molar refractivity (Wildman–Crippen MR) is 89.8 cm³/mol. The second kappa shape index (κ2) is 10.6. The van der Waals surface area contributed by atoms with Gasteiger partial charge in [0.15, 0.2) is 5.78 Å². The average Bonchev–Trinajstić information content (AvgIpc) is 2.35.